The predicted molar refractivity (Wildman–Crippen MR) is 193 cm³/mol. The SMILES string of the molecule is C=C/C=C\[C@H](C)[C@@H](OC(N)=O)[C@H](C)[C@H](OC(C)=O)[C@@H](C)C/C(C)=C\[C@@H](C)[C@@H](O)[C@@H](C)/C=C\[C@H](C[C@H]1OC(=O)[C@@H](C)[C@H](OC(C)=O)[C@@H]1C)OC(C)=O. The van der Waals surface area contributed by atoms with Gasteiger partial charge in [0.05, 0.1) is 12.0 Å². The van der Waals surface area contributed by atoms with Crippen LogP contribution in [-0.2, 0) is 42.9 Å². The first-order chi connectivity index (χ1) is 23.7. The number of ether oxygens (including phenoxy) is 5. The molecule has 12 nitrogen and oxygen atoms in total. The third-order valence-corrected chi connectivity index (χ3v) is 9.44. The molecule has 0 saturated carbocycles. The van der Waals surface area contributed by atoms with Crippen LogP contribution in [0, 0.1) is 41.4 Å². The Morgan fingerprint density at radius 3 is 2.00 bits per heavy atom. The van der Waals surface area contributed by atoms with Gasteiger partial charge in [-0.2, -0.15) is 0 Å². The number of esters is 4. The number of hydrogen-bond donors (Lipinski definition) is 2. The summed E-state index contributed by atoms with van der Waals surface area (Å²) in [4.78, 5) is 60.1. The van der Waals surface area contributed by atoms with Crippen molar-refractivity contribution in [1.29, 1.82) is 0 Å². The molecule has 288 valence electrons. The molecule has 1 saturated heterocycles. The van der Waals surface area contributed by atoms with Gasteiger partial charge in [0.2, 0.25) is 0 Å². The van der Waals surface area contributed by atoms with Gasteiger partial charge < -0.3 is 34.5 Å². The highest BCUT2D eigenvalue weighted by Gasteiger charge is 2.44. The summed E-state index contributed by atoms with van der Waals surface area (Å²) in [5.74, 6) is -4.39. The van der Waals surface area contributed by atoms with Crippen molar-refractivity contribution in [2.45, 2.75) is 126 Å². The van der Waals surface area contributed by atoms with E-state index >= 15 is 0 Å². The fraction of sp³-hybridized carbons (Fsp3) is 0.667. The molecule has 1 amide bonds. The van der Waals surface area contributed by atoms with Crippen LogP contribution in [0.3, 0.4) is 0 Å². The monoisotopic (exact) mass is 719 g/mol. The third kappa shape index (κ3) is 15.1. The number of rotatable bonds is 19. The first-order valence-electron chi connectivity index (χ1n) is 17.7. The zero-order chi connectivity index (χ0) is 39.2. The van der Waals surface area contributed by atoms with Crippen LogP contribution >= 0.6 is 0 Å². The van der Waals surface area contributed by atoms with Crippen LogP contribution in [-0.4, -0.2) is 71.7 Å². The topological polar surface area (TPSA) is 178 Å². The van der Waals surface area contributed by atoms with Crippen molar-refractivity contribution in [3.63, 3.8) is 0 Å². The van der Waals surface area contributed by atoms with E-state index in [0.717, 1.165) is 5.57 Å². The maximum atomic E-state index is 12.6. The minimum absolute atomic E-state index is 0.152. The molecular weight excluding hydrogens is 658 g/mol. The van der Waals surface area contributed by atoms with Gasteiger partial charge in [-0.05, 0) is 32.3 Å². The summed E-state index contributed by atoms with van der Waals surface area (Å²) >= 11 is 0. The van der Waals surface area contributed by atoms with Gasteiger partial charge in [0, 0.05) is 56.8 Å². The Kier molecular flexibility index (Phi) is 19.0. The van der Waals surface area contributed by atoms with Crippen molar-refractivity contribution in [2.24, 2.45) is 47.2 Å². The van der Waals surface area contributed by atoms with Gasteiger partial charge in [-0.15, -0.1) is 0 Å². The number of aliphatic hydroxyl groups is 1. The number of carbonyl (C=O) groups excluding carboxylic acids is 5. The van der Waals surface area contributed by atoms with E-state index in [1.54, 1.807) is 31.2 Å². The molecule has 0 aromatic rings. The average Bonchev–Trinajstić information content (AvgIpc) is 3.02. The smallest absolute Gasteiger partial charge is 0.404 e. The molecule has 0 bridgehead atoms. The summed E-state index contributed by atoms with van der Waals surface area (Å²) < 4.78 is 27.8. The maximum Gasteiger partial charge on any atom is 0.404 e. The van der Waals surface area contributed by atoms with Crippen LogP contribution in [0.4, 0.5) is 4.79 Å². The lowest BCUT2D eigenvalue weighted by Gasteiger charge is -2.39. The van der Waals surface area contributed by atoms with Crippen molar-refractivity contribution in [2.75, 3.05) is 0 Å². The second-order valence-corrected chi connectivity index (χ2v) is 14.2. The van der Waals surface area contributed by atoms with E-state index in [1.165, 1.54) is 20.8 Å². The Morgan fingerprint density at radius 2 is 1.47 bits per heavy atom. The molecule has 12 heteroatoms. The maximum absolute atomic E-state index is 12.6. The zero-order valence-electron chi connectivity index (χ0n) is 32.2. The molecule has 0 radical (unpaired) electrons. The molecular formula is C39H61NO11. The quantitative estimate of drug-likeness (QED) is 0.0692. The van der Waals surface area contributed by atoms with E-state index < -0.39 is 78.4 Å². The highest BCUT2D eigenvalue weighted by atomic mass is 16.6. The lowest BCUT2D eigenvalue weighted by atomic mass is 9.81. The number of aliphatic hydroxyl groups excluding tert-OH is 1. The number of primary amides is 1. The fourth-order valence-electron chi connectivity index (χ4n) is 6.88. The van der Waals surface area contributed by atoms with Gasteiger partial charge in [0.15, 0.2) is 0 Å². The van der Waals surface area contributed by atoms with E-state index in [4.69, 9.17) is 29.4 Å². The van der Waals surface area contributed by atoms with Crippen molar-refractivity contribution in [1.82, 2.24) is 0 Å². The molecule has 1 rings (SSSR count). The number of allylic oxidation sites excluding steroid dienone is 3. The van der Waals surface area contributed by atoms with E-state index in [2.05, 4.69) is 6.58 Å². The number of amides is 1. The van der Waals surface area contributed by atoms with Gasteiger partial charge in [0.25, 0.3) is 0 Å². The number of carbonyl (C=O) groups is 5. The zero-order valence-corrected chi connectivity index (χ0v) is 32.2. The van der Waals surface area contributed by atoms with Crippen molar-refractivity contribution >= 4 is 30.0 Å². The Bertz CT molecular complexity index is 1290. The van der Waals surface area contributed by atoms with Gasteiger partial charge in [-0.1, -0.05) is 84.1 Å². The molecule has 1 heterocycles. The molecule has 0 spiro atoms. The molecule has 0 aromatic heterocycles. The summed E-state index contributed by atoms with van der Waals surface area (Å²) in [6.45, 7) is 22.4. The van der Waals surface area contributed by atoms with E-state index in [9.17, 15) is 29.1 Å². The van der Waals surface area contributed by atoms with Crippen molar-refractivity contribution < 1.29 is 52.8 Å². The summed E-state index contributed by atoms with van der Waals surface area (Å²) in [6.07, 6.45) is 6.23. The first-order valence-corrected chi connectivity index (χ1v) is 17.7. The molecule has 0 aliphatic carbocycles. The molecule has 0 unspecified atom stereocenters. The van der Waals surface area contributed by atoms with Crippen LogP contribution in [0.2, 0.25) is 0 Å². The van der Waals surface area contributed by atoms with E-state index in [0.29, 0.717) is 6.42 Å². The van der Waals surface area contributed by atoms with Crippen LogP contribution < -0.4 is 5.73 Å². The van der Waals surface area contributed by atoms with E-state index in [-0.39, 0.29) is 36.0 Å². The number of nitrogens with two attached hydrogens (primary N) is 1. The molecule has 3 N–H and O–H groups in total. The molecule has 1 aliphatic heterocycles. The Hall–Kier alpha value is -3.93. The Labute approximate surface area is 303 Å². The normalized spacial score (nSPS) is 24.9. The minimum Gasteiger partial charge on any atom is -0.462 e. The van der Waals surface area contributed by atoms with Gasteiger partial charge in [-0.25, -0.2) is 4.79 Å². The second-order valence-electron chi connectivity index (χ2n) is 14.2. The molecule has 1 fully saturated rings. The fourth-order valence-corrected chi connectivity index (χ4v) is 6.88. The van der Waals surface area contributed by atoms with Crippen LogP contribution in [0.1, 0.15) is 89.0 Å². The molecule has 1 aliphatic rings. The van der Waals surface area contributed by atoms with Crippen LogP contribution in [0.15, 0.2) is 48.6 Å². The van der Waals surface area contributed by atoms with E-state index in [1.807, 2.05) is 60.6 Å². The van der Waals surface area contributed by atoms with Crippen molar-refractivity contribution in [3.8, 4) is 0 Å². The summed E-state index contributed by atoms with van der Waals surface area (Å²) in [5.41, 5.74) is 6.36. The second kappa shape index (κ2) is 21.4. The number of hydrogen-bond acceptors (Lipinski definition) is 11. The Balaban J connectivity index is 3.11. The average molecular weight is 720 g/mol. The van der Waals surface area contributed by atoms with Gasteiger partial charge in [0.1, 0.15) is 30.5 Å². The third-order valence-electron chi connectivity index (χ3n) is 9.44. The molecule has 0 aromatic carbocycles. The predicted octanol–water partition coefficient (Wildman–Crippen LogP) is 6.01. The summed E-state index contributed by atoms with van der Waals surface area (Å²) in [7, 11) is 0. The molecule has 51 heavy (non-hydrogen) atoms. The standard InChI is InChI=1S/C39H61NO11/c1-13-14-15-23(4)35(51-39(40)46)27(8)36(48-30(11)42)25(6)19-21(2)18-24(5)34(44)22(3)16-17-32(47-29(10)41)20-33-26(7)37(49-31(12)43)28(9)38(45)50-33/h13-18,22-28,32-37,44H,1,19-20H2,2-12H3,(H2,40,46)/b15-14-,17-16-,21-18-/t22-,23-,24+,25-,26+,27-,28-,32+,33+,34-,35+,36+,37+/m0/s1. The highest BCUT2D eigenvalue weighted by Crippen LogP contribution is 2.33. The summed E-state index contributed by atoms with van der Waals surface area (Å²) in [6, 6.07) is 0. The van der Waals surface area contributed by atoms with Gasteiger partial charge >= 0.3 is 30.0 Å². The highest BCUT2D eigenvalue weighted by molar-refractivity contribution is 5.75. The Morgan fingerprint density at radius 1 is 0.863 bits per heavy atom. The van der Waals surface area contributed by atoms with Crippen molar-refractivity contribution in [3.05, 3.63) is 48.6 Å². The largest absolute Gasteiger partial charge is 0.462 e. The number of cyclic esters (lactones) is 1. The van der Waals surface area contributed by atoms with Crippen LogP contribution in [0.5, 0.6) is 0 Å². The lowest BCUT2D eigenvalue weighted by Crippen LogP contribution is -2.49. The lowest BCUT2D eigenvalue weighted by molar-refractivity contribution is -0.189. The van der Waals surface area contributed by atoms with Crippen LogP contribution in [0.25, 0.3) is 0 Å². The van der Waals surface area contributed by atoms with Gasteiger partial charge in [-0.3, -0.25) is 19.2 Å². The summed E-state index contributed by atoms with van der Waals surface area (Å²) in [5, 5.41) is 11.3. The molecule has 13 atom stereocenters. The minimum atomic E-state index is -0.921. The first kappa shape index (κ1) is 45.1.